The summed E-state index contributed by atoms with van der Waals surface area (Å²) >= 11 is 0. The zero-order valence-corrected chi connectivity index (χ0v) is 10.1. The van der Waals surface area contributed by atoms with E-state index in [0.29, 0.717) is 13.2 Å². The molecule has 0 atom stereocenters. The quantitative estimate of drug-likeness (QED) is 0.744. The number of para-hydroxylation sites is 2. The molecule has 0 unspecified atom stereocenters. The molecule has 0 saturated heterocycles. The van der Waals surface area contributed by atoms with Crippen molar-refractivity contribution in [2.75, 3.05) is 18.5 Å². The maximum absolute atomic E-state index is 10.5. The number of hydrogen-bond donors (Lipinski definition) is 2. The van der Waals surface area contributed by atoms with Gasteiger partial charge in [-0.15, -0.1) is 0 Å². The lowest BCUT2D eigenvalue weighted by atomic mass is 10.2. The summed E-state index contributed by atoms with van der Waals surface area (Å²) < 4.78 is 5.45. The summed E-state index contributed by atoms with van der Waals surface area (Å²) in [6.07, 6.45) is 1.19. The van der Waals surface area contributed by atoms with Crippen LogP contribution in [0.2, 0.25) is 0 Å². The van der Waals surface area contributed by atoms with Crippen LogP contribution in [-0.2, 0) is 4.79 Å². The molecule has 0 fully saturated rings. The number of rotatable bonds is 6. The maximum Gasteiger partial charge on any atom is 0.328 e. The fraction of sp³-hybridized carbons (Fsp3) is 0.308. The largest absolute Gasteiger partial charge is 0.492 e. The van der Waals surface area contributed by atoms with Crippen LogP contribution in [0.4, 0.5) is 5.69 Å². The van der Waals surface area contributed by atoms with Crippen LogP contribution in [0.5, 0.6) is 5.75 Å². The molecule has 0 radical (unpaired) electrons. The average Bonchev–Trinajstić information content (AvgIpc) is 2.27. The smallest absolute Gasteiger partial charge is 0.328 e. The lowest BCUT2D eigenvalue weighted by molar-refractivity contribution is -0.131. The first-order valence-corrected chi connectivity index (χ1v) is 5.49. The Morgan fingerprint density at radius 3 is 2.82 bits per heavy atom. The highest BCUT2D eigenvalue weighted by atomic mass is 16.5. The molecule has 0 saturated carbocycles. The minimum atomic E-state index is -0.928. The van der Waals surface area contributed by atoms with Crippen molar-refractivity contribution >= 4 is 11.7 Å². The summed E-state index contributed by atoms with van der Waals surface area (Å²) in [6, 6.07) is 7.58. The summed E-state index contributed by atoms with van der Waals surface area (Å²) in [7, 11) is 0. The summed E-state index contributed by atoms with van der Waals surface area (Å²) in [6.45, 7) is 4.77. The van der Waals surface area contributed by atoms with Gasteiger partial charge in [-0.2, -0.15) is 0 Å². The van der Waals surface area contributed by atoms with Gasteiger partial charge < -0.3 is 15.2 Å². The zero-order chi connectivity index (χ0) is 12.7. The van der Waals surface area contributed by atoms with Gasteiger partial charge in [-0.1, -0.05) is 12.1 Å². The van der Waals surface area contributed by atoms with Crippen LogP contribution < -0.4 is 10.1 Å². The van der Waals surface area contributed by atoms with Gasteiger partial charge in [0, 0.05) is 12.6 Å². The molecule has 4 heteroatoms. The van der Waals surface area contributed by atoms with E-state index >= 15 is 0 Å². The molecule has 0 heterocycles. The summed E-state index contributed by atoms with van der Waals surface area (Å²) in [5, 5.41) is 11.7. The van der Waals surface area contributed by atoms with Crippen molar-refractivity contribution in [1.29, 1.82) is 0 Å². The summed E-state index contributed by atoms with van der Waals surface area (Å²) in [5.74, 6) is -0.152. The molecule has 92 valence electrons. The highest BCUT2D eigenvalue weighted by Crippen LogP contribution is 2.23. The Bertz CT molecular complexity index is 413. The molecular weight excluding hydrogens is 218 g/mol. The van der Waals surface area contributed by atoms with Gasteiger partial charge in [0.05, 0.1) is 12.3 Å². The monoisotopic (exact) mass is 235 g/mol. The summed E-state index contributed by atoms with van der Waals surface area (Å²) in [5.41, 5.74) is 1.62. The number of aliphatic carboxylic acids is 1. The van der Waals surface area contributed by atoms with Crippen molar-refractivity contribution in [1.82, 2.24) is 0 Å². The van der Waals surface area contributed by atoms with Gasteiger partial charge in [0.2, 0.25) is 0 Å². The van der Waals surface area contributed by atoms with E-state index in [2.05, 4.69) is 5.32 Å². The topological polar surface area (TPSA) is 58.6 Å². The van der Waals surface area contributed by atoms with Crippen LogP contribution >= 0.6 is 0 Å². The third kappa shape index (κ3) is 4.59. The Hall–Kier alpha value is -1.97. The molecule has 1 rings (SSSR count). The Labute approximate surface area is 101 Å². The first kappa shape index (κ1) is 13.1. The van der Waals surface area contributed by atoms with Crippen LogP contribution in [0, 0.1) is 0 Å². The van der Waals surface area contributed by atoms with Gasteiger partial charge in [0.15, 0.2) is 0 Å². The molecule has 2 N–H and O–H groups in total. The molecule has 1 aromatic carbocycles. The van der Waals surface area contributed by atoms with Crippen LogP contribution in [0.1, 0.15) is 13.8 Å². The van der Waals surface area contributed by atoms with Crippen molar-refractivity contribution < 1.29 is 14.6 Å². The van der Waals surface area contributed by atoms with E-state index in [1.165, 1.54) is 6.08 Å². The van der Waals surface area contributed by atoms with Gasteiger partial charge in [0.1, 0.15) is 5.75 Å². The van der Waals surface area contributed by atoms with Crippen molar-refractivity contribution in [3.05, 3.63) is 35.9 Å². The third-order valence-corrected chi connectivity index (χ3v) is 2.11. The number of nitrogens with one attached hydrogen (secondary N) is 1. The van der Waals surface area contributed by atoms with Crippen molar-refractivity contribution in [2.45, 2.75) is 13.8 Å². The second-order valence-electron chi connectivity index (χ2n) is 3.61. The molecule has 0 bridgehead atoms. The Morgan fingerprint density at radius 1 is 1.47 bits per heavy atom. The number of carbonyl (C=O) groups is 1. The SMILES string of the molecule is CCOc1ccccc1NC/C(C)=C/C(=O)O. The highest BCUT2D eigenvalue weighted by Gasteiger charge is 2.01. The first-order valence-electron chi connectivity index (χ1n) is 5.49. The molecule has 0 aromatic heterocycles. The zero-order valence-electron chi connectivity index (χ0n) is 10.1. The van der Waals surface area contributed by atoms with Gasteiger partial charge in [-0.25, -0.2) is 4.79 Å². The van der Waals surface area contributed by atoms with Crippen molar-refractivity contribution in [2.24, 2.45) is 0 Å². The fourth-order valence-corrected chi connectivity index (χ4v) is 1.39. The number of ether oxygens (including phenoxy) is 1. The Balaban J connectivity index is 2.65. The van der Waals surface area contributed by atoms with Gasteiger partial charge in [-0.3, -0.25) is 0 Å². The normalized spacial score (nSPS) is 11.1. The minimum absolute atomic E-state index is 0.483. The molecule has 0 amide bonds. The molecule has 17 heavy (non-hydrogen) atoms. The number of carboxylic acid groups (broad SMARTS) is 1. The Kier molecular flexibility index (Phi) is 5.07. The van der Waals surface area contributed by atoms with Crippen molar-refractivity contribution in [3.63, 3.8) is 0 Å². The second-order valence-corrected chi connectivity index (χ2v) is 3.61. The number of hydrogen-bond acceptors (Lipinski definition) is 3. The van der Waals surface area contributed by atoms with E-state index in [-0.39, 0.29) is 0 Å². The average molecular weight is 235 g/mol. The van der Waals surface area contributed by atoms with Crippen LogP contribution in [0.15, 0.2) is 35.9 Å². The second kappa shape index (κ2) is 6.58. The molecule has 1 aromatic rings. The molecule has 0 aliphatic heterocycles. The predicted molar refractivity (Wildman–Crippen MR) is 67.5 cm³/mol. The number of carboxylic acids is 1. The number of anilines is 1. The van der Waals surface area contributed by atoms with E-state index in [9.17, 15) is 4.79 Å². The van der Waals surface area contributed by atoms with E-state index in [4.69, 9.17) is 9.84 Å². The summed E-state index contributed by atoms with van der Waals surface area (Å²) in [4.78, 5) is 10.5. The maximum atomic E-state index is 10.5. The Morgan fingerprint density at radius 2 is 2.18 bits per heavy atom. The van der Waals surface area contributed by atoms with Crippen LogP contribution in [0.25, 0.3) is 0 Å². The molecule has 0 aliphatic carbocycles. The lowest BCUT2D eigenvalue weighted by Crippen LogP contribution is -2.06. The van der Waals surface area contributed by atoms with Crippen LogP contribution in [-0.4, -0.2) is 24.2 Å². The van der Waals surface area contributed by atoms with E-state index in [0.717, 1.165) is 17.0 Å². The predicted octanol–water partition coefficient (Wildman–Crippen LogP) is 2.53. The van der Waals surface area contributed by atoms with Crippen LogP contribution in [0.3, 0.4) is 0 Å². The van der Waals surface area contributed by atoms with Gasteiger partial charge >= 0.3 is 5.97 Å². The lowest BCUT2D eigenvalue weighted by Gasteiger charge is -2.12. The van der Waals surface area contributed by atoms with Gasteiger partial charge in [-0.05, 0) is 31.6 Å². The first-order chi connectivity index (χ1) is 8.13. The van der Waals surface area contributed by atoms with E-state index < -0.39 is 5.97 Å². The molecule has 0 aliphatic rings. The highest BCUT2D eigenvalue weighted by molar-refractivity contribution is 5.80. The number of benzene rings is 1. The minimum Gasteiger partial charge on any atom is -0.492 e. The molecule has 4 nitrogen and oxygen atoms in total. The van der Waals surface area contributed by atoms with Crippen molar-refractivity contribution in [3.8, 4) is 5.75 Å². The van der Waals surface area contributed by atoms with E-state index in [1.54, 1.807) is 6.92 Å². The van der Waals surface area contributed by atoms with Gasteiger partial charge in [0.25, 0.3) is 0 Å². The molecular formula is C13H17NO3. The third-order valence-electron chi connectivity index (χ3n) is 2.11. The molecule has 0 spiro atoms. The fourth-order valence-electron chi connectivity index (χ4n) is 1.39. The van der Waals surface area contributed by atoms with E-state index in [1.807, 2.05) is 31.2 Å². The standard InChI is InChI=1S/C13H17NO3/c1-3-17-12-7-5-4-6-11(12)14-9-10(2)8-13(15)16/h4-8,14H,3,9H2,1-2H3,(H,15,16)/b10-8+.